The molecular formula is C18H21F3IN3O2. The van der Waals surface area contributed by atoms with Crippen molar-refractivity contribution in [3.63, 3.8) is 0 Å². The normalized spacial score (nSPS) is 11.5. The Morgan fingerprint density at radius 3 is 2.26 bits per heavy atom. The van der Waals surface area contributed by atoms with E-state index in [2.05, 4.69) is 15.6 Å². The SMILES string of the molecule is CN=C(NCc1ccc(C(F)(F)F)cc1)NCc1cc(OC)ccc1O.I. The van der Waals surface area contributed by atoms with E-state index >= 15 is 0 Å². The fourth-order valence-electron chi connectivity index (χ4n) is 2.23. The lowest BCUT2D eigenvalue weighted by Crippen LogP contribution is -2.36. The number of methoxy groups -OCH3 is 1. The van der Waals surface area contributed by atoms with Crippen LogP contribution in [-0.4, -0.2) is 25.2 Å². The molecule has 0 aliphatic heterocycles. The van der Waals surface area contributed by atoms with Gasteiger partial charge in [-0.05, 0) is 35.9 Å². The number of benzene rings is 2. The monoisotopic (exact) mass is 495 g/mol. The van der Waals surface area contributed by atoms with Gasteiger partial charge in [0.05, 0.1) is 12.7 Å². The number of halogens is 4. The summed E-state index contributed by atoms with van der Waals surface area (Å²) in [5, 5.41) is 15.9. The predicted octanol–water partition coefficient (Wildman–Crippen LogP) is 3.90. The minimum atomic E-state index is -4.34. The largest absolute Gasteiger partial charge is 0.508 e. The molecule has 0 atom stereocenters. The molecule has 0 radical (unpaired) electrons. The lowest BCUT2D eigenvalue weighted by molar-refractivity contribution is -0.137. The predicted molar refractivity (Wildman–Crippen MR) is 109 cm³/mol. The molecule has 0 unspecified atom stereocenters. The van der Waals surface area contributed by atoms with Crippen molar-refractivity contribution in [2.45, 2.75) is 19.3 Å². The van der Waals surface area contributed by atoms with Crippen LogP contribution in [0.2, 0.25) is 0 Å². The van der Waals surface area contributed by atoms with Crippen molar-refractivity contribution in [3.05, 3.63) is 59.2 Å². The fourth-order valence-corrected chi connectivity index (χ4v) is 2.23. The first-order valence-electron chi connectivity index (χ1n) is 7.80. The maximum Gasteiger partial charge on any atom is 0.416 e. The molecule has 0 saturated carbocycles. The molecule has 148 valence electrons. The molecule has 5 nitrogen and oxygen atoms in total. The maximum absolute atomic E-state index is 12.6. The van der Waals surface area contributed by atoms with Gasteiger partial charge in [0.15, 0.2) is 5.96 Å². The Morgan fingerprint density at radius 2 is 1.70 bits per heavy atom. The minimum Gasteiger partial charge on any atom is -0.508 e. The van der Waals surface area contributed by atoms with E-state index < -0.39 is 11.7 Å². The first-order chi connectivity index (χ1) is 12.3. The zero-order valence-corrected chi connectivity index (χ0v) is 17.1. The number of aromatic hydroxyl groups is 1. The van der Waals surface area contributed by atoms with E-state index in [0.717, 1.165) is 12.1 Å². The van der Waals surface area contributed by atoms with Crippen molar-refractivity contribution in [2.24, 2.45) is 4.99 Å². The van der Waals surface area contributed by atoms with Gasteiger partial charge in [0.1, 0.15) is 11.5 Å². The van der Waals surface area contributed by atoms with Crippen LogP contribution in [-0.2, 0) is 19.3 Å². The Hall–Kier alpha value is -2.17. The second-order valence-corrected chi connectivity index (χ2v) is 5.47. The number of aliphatic imine (C=N–C) groups is 1. The second-order valence-electron chi connectivity index (χ2n) is 5.47. The number of nitrogens with zero attached hydrogens (tertiary/aromatic N) is 1. The number of ether oxygens (including phenoxy) is 1. The topological polar surface area (TPSA) is 65.9 Å². The fraction of sp³-hybridized carbons (Fsp3) is 0.278. The minimum absolute atomic E-state index is 0. The average molecular weight is 495 g/mol. The molecule has 27 heavy (non-hydrogen) atoms. The number of rotatable bonds is 5. The van der Waals surface area contributed by atoms with Crippen LogP contribution in [0.15, 0.2) is 47.5 Å². The summed E-state index contributed by atoms with van der Waals surface area (Å²) in [6.07, 6.45) is -4.34. The number of phenolic OH excluding ortho intramolecular Hbond substituents is 1. The summed E-state index contributed by atoms with van der Waals surface area (Å²) in [6, 6.07) is 9.80. The molecule has 0 saturated heterocycles. The third-order valence-corrected chi connectivity index (χ3v) is 3.70. The van der Waals surface area contributed by atoms with E-state index in [4.69, 9.17) is 4.74 Å². The van der Waals surface area contributed by atoms with Gasteiger partial charge in [-0.2, -0.15) is 13.2 Å². The van der Waals surface area contributed by atoms with E-state index in [1.54, 1.807) is 19.2 Å². The van der Waals surface area contributed by atoms with Gasteiger partial charge in [0.25, 0.3) is 0 Å². The summed E-state index contributed by atoms with van der Waals surface area (Å²) in [5.74, 6) is 1.19. The third kappa shape index (κ3) is 6.81. The number of hydrogen-bond acceptors (Lipinski definition) is 3. The number of guanidine groups is 1. The first kappa shape index (κ1) is 22.9. The zero-order chi connectivity index (χ0) is 19.2. The quantitative estimate of drug-likeness (QED) is 0.335. The molecule has 2 aromatic carbocycles. The zero-order valence-electron chi connectivity index (χ0n) is 14.8. The highest BCUT2D eigenvalue weighted by molar-refractivity contribution is 14.0. The summed E-state index contributed by atoms with van der Waals surface area (Å²) >= 11 is 0. The smallest absolute Gasteiger partial charge is 0.416 e. The first-order valence-corrected chi connectivity index (χ1v) is 7.80. The summed E-state index contributed by atoms with van der Waals surface area (Å²) in [7, 11) is 3.11. The van der Waals surface area contributed by atoms with Crippen LogP contribution in [0, 0.1) is 0 Å². The van der Waals surface area contributed by atoms with Gasteiger partial charge < -0.3 is 20.5 Å². The molecule has 2 rings (SSSR count). The van der Waals surface area contributed by atoms with Gasteiger partial charge in [0, 0.05) is 25.7 Å². The summed E-state index contributed by atoms with van der Waals surface area (Å²) in [4.78, 5) is 4.05. The van der Waals surface area contributed by atoms with Crippen LogP contribution in [0.1, 0.15) is 16.7 Å². The Bertz CT molecular complexity index is 765. The highest BCUT2D eigenvalue weighted by Crippen LogP contribution is 2.29. The number of alkyl halides is 3. The van der Waals surface area contributed by atoms with Crippen LogP contribution in [0.25, 0.3) is 0 Å². The Balaban J connectivity index is 0.00000364. The standard InChI is InChI=1S/C18H20F3N3O2.HI/c1-22-17(24-11-13-9-15(26-2)7-8-16(13)25)23-10-12-3-5-14(6-4-12)18(19,20)21;/h3-9,25H,10-11H2,1-2H3,(H2,22,23,24);1H. The van der Waals surface area contributed by atoms with Crippen molar-refractivity contribution >= 4 is 29.9 Å². The van der Waals surface area contributed by atoms with E-state index in [-0.39, 0.29) is 29.7 Å². The number of nitrogens with one attached hydrogen (secondary N) is 2. The molecule has 0 aliphatic carbocycles. The van der Waals surface area contributed by atoms with Crippen molar-refractivity contribution in [2.75, 3.05) is 14.2 Å². The van der Waals surface area contributed by atoms with Gasteiger partial charge in [0.2, 0.25) is 0 Å². The molecular weight excluding hydrogens is 474 g/mol. The van der Waals surface area contributed by atoms with Crippen molar-refractivity contribution in [1.82, 2.24) is 10.6 Å². The Kier molecular flexibility index (Phi) is 8.67. The molecule has 0 spiro atoms. The molecule has 0 aliphatic rings. The maximum atomic E-state index is 12.6. The average Bonchev–Trinajstić information content (AvgIpc) is 2.62. The van der Waals surface area contributed by atoms with Gasteiger partial charge in [-0.3, -0.25) is 4.99 Å². The van der Waals surface area contributed by atoms with E-state index in [1.807, 2.05) is 0 Å². The molecule has 0 amide bonds. The third-order valence-electron chi connectivity index (χ3n) is 3.70. The van der Waals surface area contributed by atoms with E-state index in [1.165, 1.54) is 25.3 Å². The van der Waals surface area contributed by atoms with Crippen molar-refractivity contribution in [3.8, 4) is 11.5 Å². The molecule has 0 aromatic heterocycles. The highest BCUT2D eigenvalue weighted by Gasteiger charge is 2.29. The lowest BCUT2D eigenvalue weighted by atomic mass is 10.1. The van der Waals surface area contributed by atoms with Gasteiger partial charge >= 0.3 is 6.18 Å². The molecule has 0 bridgehead atoms. The van der Waals surface area contributed by atoms with E-state index in [9.17, 15) is 18.3 Å². The number of phenols is 1. The van der Waals surface area contributed by atoms with Gasteiger partial charge in [-0.25, -0.2) is 0 Å². The molecule has 2 aromatic rings. The van der Waals surface area contributed by atoms with E-state index in [0.29, 0.717) is 35.9 Å². The van der Waals surface area contributed by atoms with Crippen LogP contribution < -0.4 is 15.4 Å². The highest BCUT2D eigenvalue weighted by atomic mass is 127. The van der Waals surface area contributed by atoms with Crippen LogP contribution in [0.3, 0.4) is 0 Å². The summed E-state index contributed by atoms with van der Waals surface area (Å²) in [5.41, 5.74) is 0.629. The lowest BCUT2D eigenvalue weighted by Gasteiger charge is -2.14. The van der Waals surface area contributed by atoms with Gasteiger partial charge in [-0.15, -0.1) is 24.0 Å². The second kappa shape index (κ2) is 10.2. The van der Waals surface area contributed by atoms with Crippen molar-refractivity contribution in [1.29, 1.82) is 0 Å². The molecule has 0 fully saturated rings. The van der Waals surface area contributed by atoms with Crippen LogP contribution in [0.5, 0.6) is 11.5 Å². The number of hydrogen-bond donors (Lipinski definition) is 3. The van der Waals surface area contributed by atoms with Crippen molar-refractivity contribution < 1.29 is 23.0 Å². The Morgan fingerprint density at radius 1 is 1.07 bits per heavy atom. The van der Waals surface area contributed by atoms with Crippen LogP contribution >= 0.6 is 24.0 Å². The summed E-state index contributed by atoms with van der Waals surface area (Å²) < 4.78 is 42.8. The molecule has 0 heterocycles. The van der Waals surface area contributed by atoms with Crippen LogP contribution in [0.4, 0.5) is 13.2 Å². The summed E-state index contributed by atoms with van der Waals surface area (Å²) in [6.45, 7) is 0.609. The Labute approximate surface area is 172 Å². The molecule has 9 heteroatoms. The van der Waals surface area contributed by atoms with Gasteiger partial charge in [-0.1, -0.05) is 12.1 Å². The molecule has 3 N–H and O–H groups in total.